The molecule has 1 heterocycles. The molecule has 0 aliphatic heterocycles. The van der Waals surface area contributed by atoms with Crippen LogP contribution in [0.3, 0.4) is 0 Å². The molecule has 100 valence electrons. The molecule has 1 atom stereocenters. The van der Waals surface area contributed by atoms with Gasteiger partial charge in [0.2, 0.25) is 0 Å². The van der Waals surface area contributed by atoms with E-state index in [1.54, 1.807) is 43.7 Å². The second-order valence-electron chi connectivity index (χ2n) is 3.94. The van der Waals surface area contributed by atoms with Gasteiger partial charge in [-0.1, -0.05) is 6.07 Å². The van der Waals surface area contributed by atoms with Gasteiger partial charge in [-0.3, -0.25) is 10.1 Å². The SMILES string of the molecule is COc1cccc(C(=O)Nc2nc(C(C)O)cs2)c1. The van der Waals surface area contributed by atoms with Crippen LogP contribution >= 0.6 is 11.3 Å². The molecule has 0 saturated carbocycles. The van der Waals surface area contributed by atoms with Gasteiger partial charge in [0.05, 0.1) is 18.9 Å². The molecule has 19 heavy (non-hydrogen) atoms. The Balaban J connectivity index is 2.11. The first-order valence-corrected chi connectivity index (χ1v) is 6.57. The summed E-state index contributed by atoms with van der Waals surface area (Å²) in [5.41, 5.74) is 1.04. The van der Waals surface area contributed by atoms with Crippen LogP contribution in [-0.4, -0.2) is 23.1 Å². The summed E-state index contributed by atoms with van der Waals surface area (Å²) in [5.74, 6) is 0.363. The van der Waals surface area contributed by atoms with Crippen LogP contribution in [0, 0.1) is 0 Å². The highest BCUT2D eigenvalue weighted by Crippen LogP contribution is 2.21. The third-order valence-corrected chi connectivity index (χ3v) is 3.28. The van der Waals surface area contributed by atoms with Gasteiger partial charge in [-0.2, -0.15) is 0 Å². The number of anilines is 1. The van der Waals surface area contributed by atoms with Crippen molar-refractivity contribution < 1.29 is 14.6 Å². The lowest BCUT2D eigenvalue weighted by atomic mass is 10.2. The second kappa shape index (κ2) is 5.81. The molecular formula is C13H14N2O3S. The van der Waals surface area contributed by atoms with Gasteiger partial charge in [0.15, 0.2) is 5.13 Å². The molecule has 0 aliphatic rings. The van der Waals surface area contributed by atoms with Crippen molar-refractivity contribution in [1.82, 2.24) is 4.98 Å². The Bertz CT molecular complexity index is 581. The number of nitrogens with one attached hydrogen (secondary N) is 1. The highest BCUT2D eigenvalue weighted by atomic mass is 32.1. The van der Waals surface area contributed by atoms with Crippen LogP contribution in [0.1, 0.15) is 29.1 Å². The third-order valence-electron chi connectivity index (χ3n) is 2.50. The smallest absolute Gasteiger partial charge is 0.257 e. The molecule has 1 unspecified atom stereocenters. The van der Waals surface area contributed by atoms with Gasteiger partial charge in [-0.15, -0.1) is 11.3 Å². The van der Waals surface area contributed by atoms with Crippen LogP contribution in [0.25, 0.3) is 0 Å². The number of amides is 1. The zero-order chi connectivity index (χ0) is 13.8. The number of aromatic nitrogens is 1. The largest absolute Gasteiger partial charge is 0.497 e. The number of carbonyl (C=O) groups excluding carboxylic acids is 1. The Hall–Kier alpha value is -1.92. The molecule has 0 aliphatic carbocycles. The van der Waals surface area contributed by atoms with E-state index in [0.29, 0.717) is 22.1 Å². The Morgan fingerprint density at radius 3 is 2.95 bits per heavy atom. The van der Waals surface area contributed by atoms with Crippen LogP contribution in [0.2, 0.25) is 0 Å². The molecule has 5 nitrogen and oxygen atoms in total. The van der Waals surface area contributed by atoms with E-state index in [1.165, 1.54) is 11.3 Å². The average Bonchev–Trinajstić information content (AvgIpc) is 2.87. The van der Waals surface area contributed by atoms with E-state index in [9.17, 15) is 9.90 Å². The number of aliphatic hydroxyl groups is 1. The summed E-state index contributed by atoms with van der Waals surface area (Å²) < 4.78 is 5.06. The van der Waals surface area contributed by atoms with E-state index in [2.05, 4.69) is 10.3 Å². The first-order valence-electron chi connectivity index (χ1n) is 5.69. The molecule has 0 fully saturated rings. The molecule has 1 amide bonds. The predicted molar refractivity (Wildman–Crippen MR) is 73.7 cm³/mol. The molecule has 2 aromatic rings. The predicted octanol–water partition coefficient (Wildman–Crippen LogP) is 2.46. The number of methoxy groups -OCH3 is 1. The van der Waals surface area contributed by atoms with Crippen molar-refractivity contribution in [2.45, 2.75) is 13.0 Å². The highest BCUT2D eigenvalue weighted by molar-refractivity contribution is 7.14. The lowest BCUT2D eigenvalue weighted by Crippen LogP contribution is -2.11. The van der Waals surface area contributed by atoms with E-state index < -0.39 is 6.10 Å². The number of carbonyl (C=O) groups is 1. The number of nitrogens with zero attached hydrogens (tertiary/aromatic N) is 1. The summed E-state index contributed by atoms with van der Waals surface area (Å²) in [4.78, 5) is 16.1. The molecule has 0 saturated heterocycles. The fourth-order valence-corrected chi connectivity index (χ4v) is 2.26. The molecule has 0 spiro atoms. The summed E-state index contributed by atoms with van der Waals surface area (Å²) in [7, 11) is 1.55. The van der Waals surface area contributed by atoms with E-state index in [1.807, 2.05) is 0 Å². The van der Waals surface area contributed by atoms with Crippen molar-refractivity contribution in [2.24, 2.45) is 0 Å². The topological polar surface area (TPSA) is 71.5 Å². The molecule has 0 bridgehead atoms. The Labute approximate surface area is 114 Å². The normalized spacial score (nSPS) is 11.9. The zero-order valence-electron chi connectivity index (χ0n) is 10.6. The minimum absolute atomic E-state index is 0.259. The van der Waals surface area contributed by atoms with Crippen molar-refractivity contribution in [3.05, 3.63) is 40.9 Å². The Morgan fingerprint density at radius 2 is 2.32 bits per heavy atom. The lowest BCUT2D eigenvalue weighted by Gasteiger charge is -2.04. The standard InChI is InChI=1S/C13H14N2O3S/c1-8(16)11-7-19-13(14-11)15-12(17)9-4-3-5-10(6-9)18-2/h3-8,16H,1-2H3,(H,14,15,17). The van der Waals surface area contributed by atoms with Gasteiger partial charge in [0.25, 0.3) is 5.91 Å². The van der Waals surface area contributed by atoms with Gasteiger partial charge in [-0.25, -0.2) is 4.98 Å². The van der Waals surface area contributed by atoms with Crippen molar-refractivity contribution in [3.8, 4) is 5.75 Å². The molecule has 1 aromatic heterocycles. The molecule has 2 rings (SSSR count). The number of hydrogen-bond donors (Lipinski definition) is 2. The van der Waals surface area contributed by atoms with Crippen molar-refractivity contribution >= 4 is 22.4 Å². The van der Waals surface area contributed by atoms with Crippen LogP contribution in [-0.2, 0) is 0 Å². The fraction of sp³-hybridized carbons (Fsp3) is 0.231. The van der Waals surface area contributed by atoms with Gasteiger partial charge < -0.3 is 9.84 Å². The van der Waals surface area contributed by atoms with Gasteiger partial charge >= 0.3 is 0 Å². The van der Waals surface area contributed by atoms with Gasteiger partial charge in [0.1, 0.15) is 5.75 Å². The number of benzene rings is 1. The third kappa shape index (κ3) is 3.30. The fourth-order valence-electron chi connectivity index (χ4n) is 1.47. The number of rotatable bonds is 4. The quantitative estimate of drug-likeness (QED) is 0.901. The van der Waals surface area contributed by atoms with Crippen LogP contribution in [0.5, 0.6) is 5.75 Å². The van der Waals surface area contributed by atoms with Crippen molar-refractivity contribution in [3.63, 3.8) is 0 Å². The maximum atomic E-state index is 12.0. The van der Waals surface area contributed by atoms with E-state index in [0.717, 1.165) is 0 Å². The molecule has 1 aromatic carbocycles. The van der Waals surface area contributed by atoms with Gasteiger partial charge in [0, 0.05) is 10.9 Å². The van der Waals surface area contributed by atoms with E-state index >= 15 is 0 Å². The summed E-state index contributed by atoms with van der Waals surface area (Å²) in [6.07, 6.45) is -0.640. The highest BCUT2D eigenvalue weighted by Gasteiger charge is 2.11. The van der Waals surface area contributed by atoms with Crippen LogP contribution in [0.15, 0.2) is 29.6 Å². The first kappa shape index (κ1) is 13.5. The molecule has 6 heteroatoms. The Kier molecular flexibility index (Phi) is 4.13. The number of ether oxygens (including phenoxy) is 1. The summed E-state index contributed by atoms with van der Waals surface area (Å²) in [6.45, 7) is 1.63. The maximum absolute atomic E-state index is 12.0. The minimum atomic E-state index is -0.640. The lowest BCUT2D eigenvalue weighted by molar-refractivity contribution is 0.102. The van der Waals surface area contributed by atoms with Crippen LogP contribution < -0.4 is 10.1 Å². The minimum Gasteiger partial charge on any atom is -0.497 e. The molecule has 0 radical (unpaired) electrons. The second-order valence-corrected chi connectivity index (χ2v) is 4.80. The Morgan fingerprint density at radius 1 is 1.53 bits per heavy atom. The monoisotopic (exact) mass is 278 g/mol. The van der Waals surface area contributed by atoms with Crippen molar-refractivity contribution in [1.29, 1.82) is 0 Å². The van der Waals surface area contributed by atoms with E-state index in [-0.39, 0.29) is 5.91 Å². The van der Waals surface area contributed by atoms with E-state index in [4.69, 9.17) is 4.74 Å². The number of thiazole rings is 1. The first-order chi connectivity index (χ1) is 9.10. The summed E-state index contributed by atoms with van der Waals surface area (Å²) >= 11 is 1.28. The summed E-state index contributed by atoms with van der Waals surface area (Å²) in [6, 6.07) is 6.86. The van der Waals surface area contributed by atoms with Crippen LogP contribution in [0.4, 0.5) is 5.13 Å². The number of aliphatic hydroxyl groups excluding tert-OH is 1. The van der Waals surface area contributed by atoms with Gasteiger partial charge in [-0.05, 0) is 25.1 Å². The number of hydrogen-bond acceptors (Lipinski definition) is 5. The summed E-state index contributed by atoms with van der Waals surface area (Å²) in [5, 5.41) is 14.2. The molecule has 2 N–H and O–H groups in total. The van der Waals surface area contributed by atoms with Crippen molar-refractivity contribution in [2.75, 3.05) is 12.4 Å². The zero-order valence-corrected chi connectivity index (χ0v) is 11.4. The molecular weight excluding hydrogens is 264 g/mol. The maximum Gasteiger partial charge on any atom is 0.257 e. The average molecular weight is 278 g/mol.